The van der Waals surface area contributed by atoms with Crippen LogP contribution in [-0.4, -0.2) is 54.6 Å². The molecule has 0 saturated carbocycles. The van der Waals surface area contributed by atoms with Crippen molar-refractivity contribution in [3.05, 3.63) is 0 Å². The molecule has 0 unspecified atom stereocenters. The van der Waals surface area contributed by atoms with E-state index >= 15 is 0 Å². The zero-order chi connectivity index (χ0) is 8.72. The molecule has 5 nitrogen and oxygen atoms in total. The molecule has 5 atom stereocenters. The molecule has 0 amide bonds. The van der Waals surface area contributed by atoms with Crippen LogP contribution >= 0.6 is 0 Å². The molecule has 2 saturated heterocycles. The first-order valence-electron chi connectivity index (χ1n) is 3.90. The zero-order valence-electron chi connectivity index (χ0n) is 6.71. The van der Waals surface area contributed by atoms with Gasteiger partial charge in [0.2, 0.25) is 0 Å². The molecule has 2 rings (SSSR count). The van der Waals surface area contributed by atoms with Crippen molar-refractivity contribution in [2.75, 3.05) is 13.7 Å². The normalized spacial score (nSPS) is 52.8. The van der Waals surface area contributed by atoms with Crippen molar-refractivity contribution in [2.24, 2.45) is 0 Å². The van der Waals surface area contributed by atoms with Gasteiger partial charge in [0.05, 0.1) is 6.61 Å². The molecular weight excluding hydrogens is 164 g/mol. The highest BCUT2D eigenvalue weighted by Gasteiger charge is 2.50. The van der Waals surface area contributed by atoms with Crippen molar-refractivity contribution in [3.63, 3.8) is 0 Å². The fourth-order valence-corrected chi connectivity index (χ4v) is 1.72. The third-order valence-corrected chi connectivity index (χ3v) is 2.36. The topological polar surface area (TPSA) is 68.2 Å². The summed E-state index contributed by atoms with van der Waals surface area (Å²) < 4.78 is 15.3. The summed E-state index contributed by atoms with van der Waals surface area (Å²) in [5, 5.41) is 18.5. The average molecular weight is 176 g/mol. The second-order valence-electron chi connectivity index (χ2n) is 3.05. The van der Waals surface area contributed by atoms with Crippen LogP contribution in [0.1, 0.15) is 0 Å². The Bertz CT molecular complexity index is 173. The van der Waals surface area contributed by atoms with Crippen molar-refractivity contribution in [1.82, 2.24) is 0 Å². The lowest BCUT2D eigenvalue weighted by atomic mass is 10.0. The van der Waals surface area contributed by atoms with E-state index in [2.05, 4.69) is 0 Å². The Hall–Kier alpha value is -0.200. The van der Waals surface area contributed by atoms with E-state index in [0.717, 1.165) is 0 Å². The number of aliphatic hydroxyl groups is 2. The van der Waals surface area contributed by atoms with Crippen LogP contribution in [0.25, 0.3) is 0 Å². The minimum absolute atomic E-state index is 0.251. The van der Waals surface area contributed by atoms with Gasteiger partial charge in [-0.05, 0) is 0 Å². The highest BCUT2D eigenvalue weighted by Crippen LogP contribution is 2.30. The third-order valence-electron chi connectivity index (χ3n) is 2.36. The number of hydrogen-bond donors (Lipinski definition) is 2. The summed E-state index contributed by atoms with van der Waals surface area (Å²) in [4.78, 5) is 0. The molecule has 0 aromatic heterocycles. The molecule has 2 aliphatic rings. The summed E-state index contributed by atoms with van der Waals surface area (Å²) in [6.07, 6.45) is -3.12. The Morgan fingerprint density at radius 1 is 1.42 bits per heavy atom. The van der Waals surface area contributed by atoms with Gasteiger partial charge in [0.25, 0.3) is 0 Å². The monoisotopic (exact) mass is 176 g/mol. The molecule has 2 heterocycles. The molecule has 0 aliphatic carbocycles. The van der Waals surface area contributed by atoms with E-state index in [-0.39, 0.29) is 12.2 Å². The Morgan fingerprint density at radius 3 is 2.83 bits per heavy atom. The summed E-state index contributed by atoms with van der Waals surface area (Å²) in [6, 6.07) is 0. The standard InChI is InChI=1S/C7H12O5/c1-10-5-3-2-11-6(5)4(8)7(9)12-3/h3-9H,2H2,1H3/t3-,4+,5-,6-,7-/m1/s1. The van der Waals surface area contributed by atoms with Crippen LogP contribution in [0, 0.1) is 0 Å². The number of rotatable bonds is 1. The highest BCUT2D eigenvalue weighted by molar-refractivity contribution is 4.95. The van der Waals surface area contributed by atoms with Crippen LogP contribution in [0.4, 0.5) is 0 Å². The second kappa shape index (κ2) is 2.93. The molecule has 2 N–H and O–H groups in total. The fourth-order valence-electron chi connectivity index (χ4n) is 1.72. The van der Waals surface area contributed by atoms with Crippen molar-refractivity contribution in [1.29, 1.82) is 0 Å². The summed E-state index contributed by atoms with van der Waals surface area (Å²) in [5.41, 5.74) is 0. The van der Waals surface area contributed by atoms with Crippen molar-refractivity contribution in [3.8, 4) is 0 Å². The second-order valence-corrected chi connectivity index (χ2v) is 3.05. The quantitative estimate of drug-likeness (QED) is 0.507. The van der Waals surface area contributed by atoms with Gasteiger partial charge in [0.1, 0.15) is 24.4 Å². The molecule has 12 heavy (non-hydrogen) atoms. The first kappa shape index (κ1) is 8.40. The van der Waals surface area contributed by atoms with Gasteiger partial charge in [-0.1, -0.05) is 0 Å². The highest BCUT2D eigenvalue weighted by atomic mass is 16.7. The molecule has 0 aromatic carbocycles. The van der Waals surface area contributed by atoms with Crippen LogP contribution in [0.3, 0.4) is 0 Å². The number of ether oxygens (including phenoxy) is 3. The first-order valence-corrected chi connectivity index (χ1v) is 3.90. The van der Waals surface area contributed by atoms with Crippen LogP contribution < -0.4 is 0 Å². The van der Waals surface area contributed by atoms with Crippen molar-refractivity contribution >= 4 is 0 Å². The zero-order valence-corrected chi connectivity index (χ0v) is 6.71. The van der Waals surface area contributed by atoms with E-state index in [1.807, 2.05) is 0 Å². The number of hydrogen-bond acceptors (Lipinski definition) is 5. The Kier molecular flexibility index (Phi) is 2.05. The van der Waals surface area contributed by atoms with E-state index in [9.17, 15) is 5.11 Å². The van der Waals surface area contributed by atoms with Crippen LogP contribution in [0.15, 0.2) is 0 Å². The lowest BCUT2D eigenvalue weighted by Crippen LogP contribution is -2.53. The summed E-state index contributed by atoms with van der Waals surface area (Å²) in [5.74, 6) is 0. The van der Waals surface area contributed by atoms with E-state index in [1.54, 1.807) is 0 Å². The number of fused-ring (bicyclic) bond motifs is 2. The van der Waals surface area contributed by atoms with E-state index in [4.69, 9.17) is 19.3 Å². The van der Waals surface area contributed by atoms with Crippen molar-refractivity contribution in [2.45, 2.75) is 30.7 Å². The van der Waals surface area contributed by atoms with Gasteiger partial charge in [-0.15, -0.1) is 0 Å². The summed E-state index contributed by atoms with van der Waals surface area (Å²) in [7, 11) is 1.53. The first-order chi connectivity index (χ1) is 5.74. The van der Waals surface area contributed by atoms with E-state index in [0.29, 0.717) is 6.61 Å². The maximum atomic E-state index is 9.39. The van der Waals surface area contributed by atoms with Gasteiger partial charge < -0.3 is 24.4 Å². The Labute approximate surface area is 69.8 Å². The Balaban J connectivity index is 2.14. The minimum atomic E-state index is -1.14. The van der Waals surface area contributed by atoms with E-state index < -0.39 is 18.5 Å². The number of methoxy groups -OCH3 is 1. The molecule has 0 aromatic rings. The largest absolute Gasteiger partial charge is 0.385 e. The predicted molar refractivity (Wildman–Crippen MR) is 37.4 cm³/mol. The van der Waals surface area contributed by atoms with Gasteiger partial charge >= 0.3 is 0 Å². The molecule has 0 radical (unpaired) electrons. The molecule has 2 bridgehead atoms. The van der Waals surface area contributed by atoms with Gasteiger partial charge in [0.15, 0.2) is 6.29 Å². The number of aliphatic hydroxyl groups excluding tert-OH is 2. The van der Waals surface area contributed by atoms with Gasteiger partial charge in [-0.25, -0.2) is 0 Å². The van der Waals surface area contributed by atoms with Crippen LogP contribution in [-0.2, 0) is 14.2 Å². The third kappa shape index (κ3) is 1.06. The van der Waals surface area contributed by atoms with Gasteiger partial charge in [0, 0.05) is 7.11 Å². The molecule has 2 aliphatic heterocycles. The maximum Gasteiger partial charge on any atom is 0.184 e. The van der Waals surface area contributed by atoms with E-state index in [1.165, 1.54) is 7.11 Å². The molecule has 2 fully saturated rings. The average Bonchev–Trinajstić information content (AvgIpc) is 2.39. The lowest BCUT2D eigenvalue weighted by Gasteiger charge is -2.33. The summed E-state index contributed by atoms with van der Waals surface area (Å²) >= 11 is 0. The molecular formula is C7H12O5. The predicted octanol–water partition coefficient (Wildman–Crippen LogP) is -1.52. The molecule has 5 heteroatoms. The Morgan fingerprint density at radius 2 is 2.17 bits per heavy atom. The smallest absolute Gasteiger partial charge is 0.184 e. The van der Waals surface area contributed by atoms with Gasteiger partial charge in [-0.3, -0.25) is 0 Å². The lowest BCUT2D eigenvalue weighted by molar-refractivity contribution is -0.246. The fraction of sp³-hybridized carbons (Fsp3) is 1.00. The van der Waals surface area contributed by atoms with Crippen LogP contribution in [0.2, 0.25) is 0 Å². The van der Waals surface area contributed by atoms with Gasteiger partial charge in [-0.2, -0.15) is 0 Å². The van der Waals surface area contributed by atoms with Crippen LogP contribution in [0.5, 0.6) is 0 Å². The SMILES string of the molecule is CO[C@H]1[C@@H]2OC[C@H]1O[C@@H](O)[C@H]2O. The molecule has 0 spiro atoms. The molecule has 70 valence electrons. The summed E-state index contributed by atoms with van der Waals surface area (Å²) in [6.45, 7) is 0.372. The van der Waals surface area contributed by atoms with Crippen molar-refractivity contribution < 1.29 is 24.4 Å². The minimum Gasteiger partial charge on any atom is -0.385 e. The maximum absolute atomic E-state index is 9.39.